The summed E-state index contributed by atoms with van der Waals surface area (Å²) in [5, 5.41) is 0. The molecule has 0 fully saturated rings. The Morgan fingerprint density at radius 3 is 2.13 bits per heavy atom. The predicted molar refractivity (Wildman–Crippen MR) is 128 cm³/mol. The summed E-state index contributed by atoms with van der Waals surface area (Å²) in [7, 11) is 0. The first kappa shape index (κ1) is 25.3. The molecule has 0 amide bonds. The fourth-order valence-electron chi connectivity index (χ4n) is 3.68. The van der Waals surface area contributed by atoms with E-state index in [0.717, 1.165) is 31.2 Å². The Labute approximate surface area is 188 Å². The van der Waals surface area contributed by atoms with E-state index >= 15 is 0 Å². The van der Waals surface area contributed by atoms with Gasteiger partial charge in [0.2, 0.25) is 0 Å². The quantitative estimate of drug-likeness (QED) is 0.254. The van der Waals surface area contributed by atoms with Gasteiger partial charge >= 0.3 is 0 Å². The van der Waals surface area contributed by atoms with Crippen LogP contribution in [0.2, 0.25) is 0 Å². The third-order valence-electron chi connectivity index (χ3n) is 5.93. The maximum absolute atomic E-state index is 14.3. The second-order valence-corrected chi connectivity index (χ2v) is 8.76. The maximum atomic E-state index is 14.3. The molecule has 2 atom stereocenters. The molecule has 2 rings (SSSR count). The molecule has 0 aliphatic carbocycles. The van der Waals surface area contributed by atoms with E-state index in [4.69, 9.17) is 4.74 Å². The number of benzene rings is 1. The van der Waals surface area contributed by atoms with Crippen LogP contribution < -0.4 is 4.74 Å². The molecule has 0 saturated heterocycles. The summed E-state index contributed by atoms with van der Waals surface area (Å²) in [5.41, 5.74) is 2.14. The van der Waals surface area contributed by atoms with Crippen LogP contribution in [0.1, 0.15) is 90.5 Å². The molecule has 31 heavy (non-hydrogen) atoms. The first-order valence-electron chi connectivity index (χ1n) is 12.3. The van der Waals surface area contributed by atoms with Gasteiger partial charge in [-0.1, -0.05) is 72.1 Å². The summed E-state index contributed by atoms with van der Waals surface area (Å²) < 4.78 is 20.0. The Kier molecular flexibility index (Phi) is 12.2. The topological polar surface area (TPSA) is 35.0 Å². The largest absolute Gasteiger partial charge is 0.491 e. The Hall–Kier alpha value is -1.97. The predicted octanol–water partition coefficient (Wildman–Crippen LogP) is 7.98. The molecule has 0 N–H and O–H groups in total. The molecule has 1 heterocycles. The summed E-state index contributed by atoms with van der Waals surface area (Å²) >= 11 is 0. The maximum Gasteiger partial charge on any atom is 0.159 e. The highest BCUT2D eigenvalue weighted by Gasteiger charge is 2.16. The van der Waals surface area contributed by atoms with E-state index in [-0.39, 0.29) is 12.5 Å². The minimum atomic E-state index is -0.931. The molecule has 0 radical (unpaired) electrons. The van der Waals surface area contributed by atoms with Crippen molar-refractivity contribution in [2.24, 2.45) is 5.92 Å². The van der Waals surface area contributed by atoms with Crippen LogP contribution in [-0.4, -0.2) is 22.7 Å². The van der Waals surface area contributed by atoms with Crippen molar-refractivity contribution in [3.05, 3.63) is 42.2 Å². The van der Waals surface area contributed by atoms with Crippen molar-refractivity contribution in [1.82, 2.24) is 9.97 Å². The van der Waals surface area contributed by atoms with Gasteiger partial charge in [0.1, 0.15) is 18.5 Å². The lowest BCUT2D eigenvalue weighted by molar-refractivity contribution is 0.141. The van der Waals surface area contributed by atoms with Crippen molar-refractivity contribution in [1.29, 1.82) is 0 Å². The highest BCUT2D eigenvalue weighted by molar-refractivity contribution is 5.55. The fourth-order valence-corrected chi connectivity index (χ4v) is 3.68. The standard InChI is InChI=1S/C27H41FN2O/c1-4-6-8-9-10-12-14-23-19-29-27(30-20-23)24-15-17-25(18-16-24)31-21-26(28)22(3)13-11-7-5-2/h15-20,22,26H,4-14,21H2,1-3H3. The zero-order valence-corrected chi connectivity index (χ0v) is 19.8. The molecule has 0 aliphatic rings. The second-order valence-electron chi connectivity index (χ2n) is 8.76. The fraction of sp³-hybridized carbons (Fsp3) is 0.630. The SMILES string of the molecule is CCCCCCCCc1cnc(-c2ccc(OCC(F)C(C)CCCCC)cc2)nc1. The van der Waals surface area contributed by atoms with E-state index < -0.39 is 6.17 Å². The smallest absolute Gasteiger partial charge is 0.159 e. The molecule has 1 aromatic heterocycles. The molecule has 2 unspecified atom stereocenters. The van der Waals surface area contributed by atoms with E-state index in [1.807, 2.05) is 43.6 Å². The number of rotatable bonds is 16. The van der Waals surface area contributed by atoms with Crippen molar-refractivity contribution in [2.75, 3.05) is 6.61 Å². The number of aromatic nitrogens is 2. The van der Waals surface area contributed by atoms with Gasteiger partial charge in [0.05, 0.1) is 0 Å². The van der Waals surface area contributed by atoms with Crippen molar-refractivity contribution in [3.63, 3.8) is 0 Å². The minimum Gasteiger partial charge on any atom is -0.491 e. The third-order valence-corrected chi connectivity index (χ3v) is 5.93. The Balaban J connectivity index is 1.75. The number of unbranched alkanes of at least 4 members (excludes halogenated alkanes) is 7. The summed E-state index contributed by atoms with van der Waals surface area (Å²) in [5.74, 6) is 1.44. The van der Waals surface area contributed by atoms with Crippen molar-refractivity contribution < 1.29 is 9.13 Å². The Bertz CT molecular complexity index is 702. The lowest BCUT2D eigenvalue weighted by Gasteiger charge is -2.17. The summed E-state index contributed by atoms with van der Waals surface area (Å²) in [4.78, 5) is 9.06. The molecule has 1 aromatic carbocycles. The van der Waals surface area contributed by atoms with E-state index in [1.54, 1.807) is 0 Å². The third kappa shape index (κ3) is 9.80. The van der Waals surface area contributed by atoms with Crippen LogP contribution in [-0.2, 0) is 6.42 Å². The van der Waals surface area contributed by atoms with Gasteiger partial charge < -0.3 is 4.74 Å². The number of alkyl halides is 1. The zero-order valence-electron chi connectivity index (χ0n) is 19.8. The number of halogens is 1. The Morgan fingerprint density at radius 2 is 1.45 bits per heavy atom. The number of hydrogen-bond donors (Lipinski definition) is 0. The average molecular weight is 429 g/mol. The zero-order chi connectivity index (χ0) is 22.3. The molecule has 0 aliphatic heterocycles. The van der Waals surface area contributed by atoms with Crippen LogP contribution in [0.5, 0.6) is 5.75 Å². The summed E-state index contributed by atoms with van der Waals surface area (Å²) in [6, 6.07) is 7.63. The monoisotopic (exact) mass is 428 g/mol. The average Bonchev–Trinajstić information content (AvgIpc) is 2.80. The van der Waals surface area contributed by atoms with Gasteiger partial charge in [0.25, 0.3) is 0 Å². The second kappa shape index (κ2) is 14.9. The lowest BCUT2D eigenvalue weighted by atomic mass is 9.99. The molecule has 3 nitrogen and oxygen atoms in total. The van der Waals surface area contributed by atoms with Gasteiger partial charge in [-0.05, 0) is 55.0 Å². The number of nitrogens with zero attached hydrogens (tertiary/aromatic N) is 2. The molecular formula is C27H41FN2O. The lowest BCUT2D eigenvalue weighted by Crippen LogP contribution is -2.21. The summed E-state index contributed by atoms with van der Waals surface area (Å²) in [6.45, 7) is 6.49. The van der Waals surface area contributed by atoms with Gasteiger partial charge in [-0.2, -0.15) is 0 Å². The van der Waals surface area contributed by atoms with E-state index in [1.165, 1.54) is 50.5 Å². The van der Waals surface area contributed by atoms with Gasteiger partial charge in [-0.3, -0.25) is 0 Å². The van der Waals surface area contributed by atoms with Gasteiger partial charge in [-0.25, -0.2) is 14.4 Å². The molecule has 0 bridgehead atoms. The number of aryl methyl sites for hydroxylation is 1. The normalized spacial score (nSPS) is 13.2. The van der Waals surface area contributed by atoms with Crippen LogP contribution >= 0.6 is 0 Å². The van der Waals surface area contributed by atoms with Crippen molar-refractivity contribution in [3.8, 4) is 17.1 Å². The van der Waals surface area contributed by atoms with Crippen molar-refractivity contribution in [2.45, 2.75) is 97.6 Å². The van der Waals surface area contributed by atoms with Gasteiger partial charge in [-0.15, -0.1) is 0 Å². The highest BCUT2D eigenvalue weighted by Crippen LogP contribution is 2.22. The molecule has 4 heteroatoms. The summed E-state index contributed by atoms with van der Waals surface area (Å²) in [6.07, 6.45) is 16.1. The minimum absolute atomic E-state index is 0.0362. The van der Waals surface area contributed by atoms with Crippen LogP contribution in [0.25, 0.3) is 11.4 Å². The van der Waals surface area contributed by atoms with E-state index in [0.29, 0.717) is 11.6 Å². The number of ether oxygens (including phenoxy) is 1. The van der Waals surface area contributed by atoms with Gasteiger partial charge in [0, 0.05) is 18.0 Å². The van der Waals surface area contributed by atoms with Crippen LogP contribution in [0.15, 0.2) is 36.7 Å². The first-order valence-corrected chi connectivity index (χ1v) is 12.3. The molecule has 172 valence electrons. The highest BCUT2D eigenvalue weighted by atomic mass is 19.1. The van der Waals surface area contributed by atoms with Crippen molar-refractivity contribution >= 4 is 0 Å². The Morgan fingerprint density at radius 1 is 0.839 bits per heavy atom. The van der Waals surface area contributed by atoms with E-state index in [9.17, 15) is 4.39 Å². The number of hydrogen-bond acceptors (Lipinski definition) is 3. The van der Waals surface area contributed by atoms with Crippen LogP contribution in [0, 0.1) is 5.92 Å². The van der Waals surface area contributed by atoms with Gasteiger partial charge in [0.15, 0.2) is 5.82 Å². The molecule has 0 spiro atoms. The molecule has 0 saturated carbocycles. The van der Waals surface area contributed by atoms with Crippen LogP contribution in [0.4, 0.5) is 4.39 Å². The molecule has 2 aromatic rings. The first-order chi connectivity index (χ1) is 15.1. The van der Waals surface area contributed by atoms with E-state index in [2.05, 4.69) is 23.8 Å². The van der Waals surface area contributed by atoms with Crippen LogP contribution in [0.3, 0.4) is 0 Å². The molecular weight excluding hydrogens is 387 g/mol.